The summed E-state index contributed by atoms with van der Waals surface area (Å²) in [4.78, 5) is 39.9. The molecule has 2 aromatic rings. The lowest BCUT2D eigenvalue weighted by molar-refractivity contribution is -0.133. The molecule has 1 fully saturated rings. The predicted octanol–water partition coefficient (Wildman–Crippen LogP) is 0.667. The molecule has 144 valence electrons. The SMILES string of the molecule is Cc1nn(CC(=O)N2CCN(C(=O)c3ccc(Cl)cc3F)CC2)c(=O)n1C. The second-order valence-corrected chi connectivity index (χ2v) is 6.78. The number of halogens is 2. The lowest BCUT2D eigenvalue weighted by Gasteiger charge is -2.34. The molecule has 0 radical (unpaired) electrons. The molecule has 2 amide bonds. The zero-order valence-electron chi connectivity index (χ0n) is 15.0. The Hall–Kier alpha value is -2.68. The van der Waals surface area contributed by atoms with E-state index in [-0.39, 0.29) is 41.8 Å². The lowest BCUT2D eigenvalue weighted by Crippen LogP contribution is -2.51. The topological polar surface area (TPSA) is 80.4 Å². The third-order valence-electron chi connectivity index (χ3n) is 4.62. The van der Waals surface area contributed by atoms with Gasteiger partial charge in [-0.05, 0) is 25.1 Å². The molecule has 3 rings (SSSR count). The van der Waals surface area contributed by atoms with Gasteiger partial charge in [-0.1, -0.05) is 11.6 Å². The highest BCUT2D eigenvalue weighted by atomic mass is 35.5. The maximum Gasteiger partial charge on any atom is 0.346 e. The molecule has 1 saturated heterocycles. The van der Waals surface area contributed by atoms with E-state index >= 15 is 0 Å². The first-order chi connectivity index (χ1) is 12.8. The summed E-state index contributed by atoms with van der Waals surface area (Å²) in [5.74, 6) is -0.836. The number of hydrogen-bond acceptors (Lipinski definition) is 4. The van der Waals surface area contributed by atoms with Crippen LogP contribution in [0.5, 0.6) is 0 Å². The summed E-state index contributed by atoms with van der Waals surface area (Å²) in [6.45, 7) is 2.70. The Balaban J connectivity index is 1.61. The fourth-order valence-electron chi connectivity index (χ4n) is 2.92. The van der Waals surface area contributed by atoms with Crippen molar-refractivity contribution in [1.29, 1.82) is 0 Å². The quantitative estimate of drug-likeness (QED) is 0.765. The number of carbonyl (C=O) groups excluding carboxylic acids is 2. The molecular weight excluding hydrogens is 377 g/mol. The van der Waals surface area contributed by atoms with Gasteiger partial charge in [0, 0.05) is 38.2 Å². The van der Waals surface area contributed by atoms with Crippen LogP contribution in [0.1, 0.15) is 16.2 Å². The highest BCUT2D eigenvalue weighted by Gasteiger charge is 2.27. The molecule has 0 bridgehead atoms. The normalized spacial score (nSPS) is 14.5. The van der Waals surface area contributed by atoms with Crippen LogP contribution >= 0.6 is 11.6 Å². The van der Waals surface area contributed by atoms with Crippen molar-refractivity contribution in [3.8, 4) is 0 Å². The van der Waals surface area contributed by atoms with Crippen LogP contribution in [0, 0.1) is 12.7 Å². The first-order valence-electron chi connectivity index (χ1n) is 8.40. The molecule has 1 aliphatic rings. The Morgan fingerprint density at radius 2 is 1.81 bits per heavy atom. The Bertz CT molecular complexity index is 947. The average Bonchev–Trinajstić information content (AvgIpc) is 2.88. The molecule has 1 aliphatic heterocycles. The third kappa shape index (κ3) is 3.87. The zero-order valence-corrected chi connectivity index (χ0v) is 15.7. The van der Waals surface area contributed by atoms with Crippen molar-refractivity contribution in [2.75, 3.05) is 26.2 Å². The van der Waals surface area contributed by atoms with E-state index in [2.05, 4.69) is 5.10 Å². The summed E-state index contributed by atoms with van der Waals surface area (Å²) in [5.41, 5.74) is -0.400. The summed E-state index contributed by atoms with van der Waals surface area (Å²) in [6, 6.07) is 3.92. The summed E-state index contributed by atoms with van der Waals surface area (Å²) in [6.07, 6.45) is 0. The predicted molar refractivity (Wildman–Crippen MR) is 96.1 cm³/mol. The summed E-state index contributed by atoms with van der Waals surface area (Å²) < 4.78 is 16.4. The van der Waals surface area contributed by atoms with Crippen molar-refractivity contribution < 1.29 is 14.0 Å². The Morgan fingerprint density at radius 1 is 1.19 bits per heavy atom. The molecule has 1 aromatic carbocycles. The zero-order chi connectivity index (χ0) is 19.7. The molecular formula is C17H19ClFN5O3. The van der Waals surface area contributed by atoms with Gasteiger partial charge in [0.1, 0.15) is 18.2 Å². The van der Waals surface area contributed by atoms with Crippen LogP contribution in [-0.2, 0) is 18.4 Å². The van der Waals surface area contributed by atoms with E-state index < -0.39 is 11.7 Å². The van der Waals surface area contributed by atoms with Gasteiger partial charge in [-0.15, -0.1) is 0 Å². The van der Waals surface area contributed by atoms with E-state index in [0.717, 1.165) is 10.7 Å². The molecule has 1 aromatic heterocycles. The van der Waals surface area contributed by atoms with Crippen LogP contribution in [-0.4, -0.2) is 62.1 Å². The molecule has 8 nitrogen and oxygen atoms in total. The monoisotopic (exact) mass is 395 g/mol. The standard InChI is InChI=1S/C17H19ClFN5O3/c1-11-20-24(17(27)21(11)2)10-15(25)22-5-7-23(8-6-22)16(26)13-4-3-12(18)9-14(13)19/h3-4,9H,5-8,10H2,1-2H3. The highest BCUT2D eigenvalue weighted by molar-refractivity contribution is 6.30. The van der Waals surface area contributed by atoms with Gasteiger partial charge < -0.3 is 9.80 Å². The van der Waals surface area contributed by atoms with Crippen molar-refractivity contribution in [2.45, 2.75) is 13.5 Å². The van der Waals surface area contributed by atoms with Gasteiger partial charge >= 0.3 is 5.69 Å². The van der Waals surface area contributed by atoms with Crippen molar-refractivity contribution in [3.63, 3.8) is 0 Å². The molecule has 0 atom stereocenters. The fraction of sp³-hybridized carbons (Fsp3) is 0.412. The van der Waals surface area contributed by atoms with E-state index in [1.165, 1.54) is 21.6 Å². The van der Waals surface area contributed by atoms with Crippen LogP contribution in [0.25, 0.3) is 0 Å². The Labute approximate surface area is 159 Å². The molecule has 0 aliphatic carbocycles. The Morgan fingerprint density at radius 3 is 2.37 bits per heavy atom. The van der Waals surface area contributed by atoms with Gasteiger partial charge in [0.15, 0.2) is 0 Å². The summed E-state index contributed by atoms with van der Waals surface area (Å²) >= 11 is 5.71. The summed E-state index contributed by atoms with van der Waals surface area (Å²) in [5, 5.41) is 4.27. The number of benzene rings is 1. The fourth-order valence-corrected chi connectivity index (χ4v) is 3.08. The number of nitrogens with zero attached hydrogens (tertiary/aromatic N) is 5. The van der Waals surface area contributed by atoms with Gasteiger partial charge in [-0.3, -0.25) is 14.2 Å². The number of amides is 2. The number of aryl methyl sites for hydroxylation is 1. The molecule has 0 saturated carbocycles. The van der Waals surface area contributed by atoms with E-state index in [1.54, 1.807) is 18.9 Å². The van der Waals surface area contributed by atoms with Gasteiger partial charge in [0.2, 0.25) is 5.91 Å². The van der Waals surface area contributed by atoms with Crippen molar-refractivity contribution >= 4 is 23.4 Å². The molecule has 10 heteroatoms. The van der Waals surface area contributed by atoms with E-state index in [0.29, 0.717) is 18.9 Å². The minimum atomic E-state index is -0.670. The number of piperazine rings is 1. The minimum absolute atomic E-state index is 0.0466. The van der Waals surface area contributed by atoms with E-state index in [1.807, 2.05) is 0 Å². The van der Waals surface area contributed by atoms with Gasteiger partial charge in [-0.2, -0.15) is 5.10 Å². The second-order valence-electron chi connectivity index (χ2n) is 6.34. The smallest absolute Gasteiger partial charge is 0.338 e. The van der Waals surface area contributed by atoms with E-state index in [4.69, 9.17) is 11.6 Å². The molecule has 0 N–H and O–H groups in total. The number of rotatable bonds is 3. The van der Waals surface area contributed by atoms with Crippen molar-refractivity contribution in [1.82, 2.24) is 24.1 Å². The maximum atomic E-state index is 13.9. The van der Waals surface area contributed by atoms with Crippen LogP contribution < -0.4 is 5.69 Å². The molecule has 0 unspecified atom stereocenters. The number of hydrogen-bond donors (Lipinski definition) is 0. The van der Waals surface area contributed by atoms with Crippen LogP contribution in [0.3, 0.4) is 0 Å². The maximum absolute atomic E-state index is 13.9. The first kappa shape index (κ1) is 19.1. The van der Waals surface area contributed by atoms with Crippen molar-refractivity contribution in [3.05, 3.63) is 50.9 Å². The molecule has 27 heavy (non-hydrogen) atoms. The van der Waals surface area contributed by atoms with Gasteiger partial charge in [0.05, 0.1) is 5.56 Å². The molecule has 0 spiro atoms. The van der Waals surface area contributed by atoms with Crippen LogP contribution in [0.4, 0.5) is 4.39 Å². The van der Waals surface area contributed by atoms with Gasteiger partial charge in [-0.25, -0.2) is 13.9 Å². The highest BCUT2D eigenvalue weighted by Crippen LogP contribution is 2.17. The van der Waals surface area contributed by atoms with Crippen molar-refractivity contribution in [2.24, 2.45) is 7.05 Å². The lowest BCUT2D eigenvalue weighted by atomic mass is 10.1. The number of aromatic nitrogens is 3. The van der Waals surface area contributed by atoms with Crippen LogP contribution in [0.15, 0.2) is 23.0 Å². The van der Waals surface area contributed by atoms with E-state index in [9.17, 15) is 18.8 Å². The number of carbonyl (C=O) groups is 2. The minimum Gasteiger partial charge on any atom is -0.338 e. The Kier molecular flexibility index (Phi) is 5.31. The third-order valence-corrected chi connectivity index (χ3v) is 4.86. The van der Waals surface area contributed by atoms with Crippen LogP contribution in [0.2, 0.25) is 5.02 Å². The molecule has 2 heterocycles. The average molecular weight is 396 g/mol. The summed E-state index contributed by atoms with van der Waals surface area (Å²) in [7, 11) is 1.59. The van der Waals surface area contributed by atoms with Gasteiger partial charge in [0.25, 0.3) is 5.91 Å². The first-order valence-corrected chi connectivity index (χ1v) is 8.78. The largest absolute Gasteiger partial charge is 0.346 e. The second kappa shape index (κ2) is 7.51.